The minimum absolute atomic E-state index is 0.510. The normalized spacial score (nSPS) is 27.0. The standard InChI is InChI=1S/C13H23Cl/c14-13(11-7-3-1-4-8-11)12-9-5-2-6-10-12/h11-13H,1-10H2. The molecule has 0 radical (unpaired) electrons. The van der Waals surface area contributed by atoms with E-state index in [-0.39, 0.29) is 0 Å². The summed E-state index contributed by atoms with van der Waals surface area (Å²) < 4.78 is 0. The van der Waals surface area contributed by atoms with Gasteiger partial charge in [0.05, 0.1) is 0 Å². The first-order valence-corrected chi connectivity index (χ1v) is 6.95. The van der Waals surface area contributed by atoms with Gasteiger partial charge >= 0.3 is 0 Å². The number of hydrogen-bond acceptors (Lipinski definition) is 0. The molecule has 0 saturated heterocycles. The summed E-state index contributed by atoms with van der Waals surface area (Å²) in [6.45, 7) is 0. The molecule has 1 heteroatoms. The van der Waals surface area contributed by atoms with Crippen LogP contribution in [0, 0.1) is 11.8 Å². The summed E-state index contributed by atoms with van der Waals surface area (Å²) in [4.78, 5) is 0. The maximum Gasteiger partial charge on any atom is 0.0392 e. The van der Waals surface area contributed by atoms with E-state index < -0.39 is 0 Å². The highest BCUT2D eigenvalue weighted by atomic mass is 35.5. The molecule has 0 aliphatic heterocycles. The van der Waals surface area contributed by atoms with Crippen molar-refractivity contribution in [3.63, 3.8) is 0 Å². The predicted octanol–water partition coefficient (Wildman–Crippen LogP) is 4.75. The van der Waals surface area contributed by atoms with Crippen molar-refractivity contribution in [2.45, 2.75) is 69.6 Å². The molecule has 0 aromatic rings. The Morgan fingerprint density at radius 1 is 0.643 bits per heavy atom. The number of hydrogen-bond donors (Lipinski definition) is 0. The van der Waals surface area contributed by atoms with Gasteiger partial charge in [0.25, 0.3) is 0 Å². The highest BCUT2D eigenvalue weighted by molar-refractivity contribution is 6.21. The number of rotatable bonds is 2. The van der Waals surface area contributed by atoms with Crippen molar-refractivity contribution in [1.29, 1.82) is 0 Å². The maximum absolute atomic E-state index is 6.64. The largest absolute Gasteiger partial charge is 0.122 e. The fourth-order valence-electron chi connectivity index (χ4n) is 3.29. The van der Waals surface area contributed by atoms with Gasteiger partial charge in [-0.15, -0.1) is 11.6 Å². The van der Waals surface area contributed by atoms with E-state index in [1.165, 1.54) is 64.2 Å². The van der Waals surface area contributed by atoms with Crippen LogP contribution in [0.4, 0.5) is 0 Å². The predicted molar refractivity (Wildman–Crippen MR) is 62.8 cm³/mol. The van der Waals surface area contributed by atoms with E-state index in [1.807, 2.05) is 0 Å². The third-order valence-electron chi connectivity index (χ3n) is 4.20. The zero-order valence-electron chi connectivity index (χ0n) is 9.18. The molecule has 0 aromatic carbocycles. The van der Waals surface area contributed by atoms with Crippen LogP contribution < -0.4 is 0 Å². The van der Waals surface area contributed by atoms with Crippen molar-refractivity contribution >= 4 is 11.6 Å². The van der Waals surface area contributed by atoms with Gasteiger partial charge in [-0.3, -0.25) is 0 Å². The second kappa shape index (κ2) is 5.39. The molecule has 0 amide bonds. The molecule has 0 atom stereocenters. The monoisotopic (exact) mass is 214 g/mol. The first-order chi connectivity index (χ1) is 6.88. The molecule has 0 bridgehead atoms. The number of halogens is 1. The Bertz CT molecular complexity index is 137. The lowest BCUT2D eigenvalue weighted by molar-refractivity contribution is 0.251. The quantitative estimate of drug-likeness (QED) is 0.582. The Balaban J connectivity index is 1.82. The molecule has 82 valence electrons. The van der Waals surface area contributed by atoms with Gasteiger partial charge in [0, 0.05) is 5.38 Å². The Hall–Kier alpha value is 0.290. The minimum Gasteiger partial charge on any atom is -0.122 e. The van der Waals surface area contributed by atoms with Gasteiger partial charge in [-0.1, -0.05) is 38.5 Å². The van der Waals surface area contributed by atoms with E-state index in [2.05, 4.69) is 0 Å². The van der Waals surface area contributed by atoms with E-state index in [0.717, 1.165) is 11.8 Å². The first kappa shape index (κ1) is 10.8. The Morgan fingerprint density at radius 3 is 1.36 bits per heavy atom. The Labute approximate surface area is 93.4 Å². The summed E-state index contributed by atoms with van der Waals surface area (Å²) in [5.41, 5.74) is 0. The minimum atomic E-state index is 0.510. The zero-order chi connectivity index (χ0) is 9.80. The average Bonchev–Trinajstić information content (AvgIpc) is 2.30. The summed E-state index contributed by atoms with van der Waals surface area (Å²) >= 11 is 6.64. The summed E-state index contributed by atoms with van der Waals surface area (Å²) in [6.07, 6.45) is 14.3. The first-order valence-electron chi connectivity index (χ1n) is 6.52. The Morgan fingerprint density at radius 2 is 1.00 bits per heavy atom. The molecule has 14 heavy (non-hydrogen) atoms. The van der Waals surface area contributed by atoms with Crippen LogP contribution >= 0.6 is 11.6 Å². The zero-order valence-corrected chi connectivity index (χ0v) is 9.94. The fourth-order valence-corrected chi connectivity index (χ4v) is 3.79. The molecule has 2 aliphatic rings. The highest BCUT2D eigenvalue weighted by Crippen LogP contribution is 2.38. The SMILES string of the molecule is ClC(C1CCCCC1)C1CCCCC1. The van der Waals surface area contributed by atoms with Crippen LogP contribution in [0.3, 0.4) is 0 Å². The summed E-state index contributed by atoms with van der Waals surface area (Å²) in [7, 11) is 0. The summed E-state index contributed by atoms with van der Waals surface area (Å²) in [5, 5.41) is 0.510. The molecule has 0 nitrogen and oxygen atoms in total. The molecule has 2 aliphatic carbocycles. The van der Waals surface area contributed by atoms with Crippen LogP contribution in [0.1, 0.15) is 64.2 Å². The molecule has 0 N–H and O–H groups in total. The van der Waals surface area contributed by atoms with Crippen molar-refractivity contribution in [2.24, 2.45) is 11.8 Å². The van der Waals surface area contributed by atoms with Gasteiger partial charge in [-0.25, -0.2) is 0 Å². The second-order valence-electron chi connectivity index (χ2n) is 5.24. The lowest BCUT2D eigenvalue weighted by atomic mass is 9.77. The van der Waals surface area contributed by atoms with Gasteiger partial charge in [0.2, 0.25) is 0 Å². The van der Waals surface area contributed by atoms with Crippen LogP contribution in [-0.2, 0) is 0 Å². The summed E-state index contributed by atoms with van der Waals surface area (Å²) in [5.74, 6) is 1.71. The van der Waals surface area contributed by atoms with E-state index in [1.54, 1.807) is 0 Å². The molecule has 0 spiro atoms. The molecule has 0 unspecified atom stereocenters. The molecule has 0 aromatic heterocycles. The van der Waals surface area contributed by atoms with Crippen molar-refractivity contribution in [2.75, 3.05) is 0 Å². The molecular weight excluding hydrogens is 192 g/mol. The topological polar surface area (TPSA) is 0 Å². The third kappa shape index (κ3) is 2.66. The van der Waals surface area contributed by atoms with Crippen LogP contribution in [-0.4, -0.2) is 5.38 Å². The Kier molecular flexibility index (Phi) is 4.16. The van der Waals surface area contributed by atoms with E-state index in [9.17, 15) is 0 Å². The molecule has 2 saturated carbocycles. The third-order valence-corrected chi connectivity index (χ3v) is 4.91. The van der Waals surface area contributed by atoms with Gasteiger partial charge in [-0.05, 0) is 37.5 Å². The van der Waals surface area contributed by atoms with Crippen molar-refractivity contribution in [3.8, 4) is 0 Å². The molecular formula is C13H23Cl. The van der Waals surface area contributed by atoms with Crippen LogP contribution in [0.2, 0.25) is 0 Å². The van der Waals surface area contributed by atoms with Crippen molar-refractivity contribution in [1.82, 2.24) is 0 Å². The summed E-state index contributed by atoms with van der Waals surface area (Å²) in [6, 6.07) is 0. The van der Waals surface area contributed by atoms with Crippen LogP contribution in [0.25, 0.3) is 0 Å². The van der Waals surface area contributed by atoms with Gasteiger partial charge in [-0.2, -0.15) is 0 Å². The highest BCUT2D eigenvalue weighted by Gasteiger charge is 2.29. The van der Waals surface area contributed by atoms with Gasteiger partial charge < -0.3 is 0 Å². The maximum atomic E-state index is 6.64. The lowest BCUT2D eigenvalue weighted by Gasteiger charge is -2.33. The second-order valence-corrected chi connectivity index (χ2v) is 5.74. The van der Waals surface area contributed by atoms with E-state index in [4.69, 9.17) is 11.6 Å². The fraction of sp³-hybridized carbons (Fsp3) is 1.00. The molecule has 0 heterocycles. The average molecular weight is 215 g/mol. The van der Waals surface area contributed by atoms with Gasteiger partial charge in [0.15, 0.2) is 0 Å². The van der Waals surface area contributed by atoms with Crippen molar-refractivity contribution < 1.29 is 0 Å². The van der Waals surface area contributed by atoms with Crippen LogP contribution in [0.5, 0.6) is 0 Å². The van der Waals surface area contributed by atoms with Gasteiger partial charge in [0.1, 0.15) is 0 Å². The lowest BCUT2D eigenvalue weighted by Crippen LogP contribution is -2.27. The van der Waals surface area contributed by atoms with Crippen LogP contribution in [0.15, 0.2) is 0 Å². The smallest absolute Gasteiger partial charge is 0.0392 e. The molecule has 2 rings (SSSR count). The van der Waals surface area contributed by atoms with Crippen molar-refractivity contribution in [3.05, 3.63) is 0 Å². The van der Waals surface area contributed by atoms with E-state index in [0.29, 0.717) is 5.38 Å². The van der Waals surface area contributed by atoms with E-state index >= 15 is 0 Å². The molecule has 2 fully saturated rings. The number of alkyl halides is 1.